The third-order valence-electron chi connectivity index (χ3n) is 5.16. The summed E-state index contributed by atoms with van der Waals surface area (Å²) in [5.74, 6) is 0.0134. The van der Waals surface area contributed by atoms with Crippen LogP contribution in [0.4, 0.5) is 0 Å². The Hall–Kier alpha value is -3.03. The van der Waals surface area contributed by atoms with Crippen molar-refractivity contribution in [3.05, 3.63) is 33.9 Å². The van der Waals surface area contributed by atoms with Crippen LogP contribution in [0.15, 0.2) is 11.6 Å². The van der Waals surface area contributed by atoms with Crippen LogP contribution in [0.3, 0.4) is 0 Å². The van der Waals surface area contributed by atoms with Crippen molar-refractivity contribution in [2.24, 2.45) is 0 Å². The van der Waals surface area contributed by atoms with Gasteiger partial charge in [-0.2, -0.15) is 0 Å². The molecule has 0 saturated heterocycles. The predicted octanol–water partition coefficient (Wildman–Crippen LogP) is 2.63. The maximum absolute atomic E-state index is 12.2. The summed E-state index contributed by atoms with van der Waals surface area (Å²) in [7, 11) is 4.38. The first-order valence-electron chi connectivity index (χ1n) is 9.71. The molecule has 8 heteroatoms. The van der Waals surface area contributed by atoms with E-state index < -0.39 is 18.0 Å². The van der Waals surface area contributed by atoms with Crippen LogP contribution in [0.1, 0.15) is 53.7 Å². The minimum absolute atomic E-state index is 0.209. The van der Waals surface area contributed by atoms with Crippen LogP contribution in [0, 0.1) is 6.92 Å². The lowest BCUT2D eigenvalue weighted by atomic mass is 9.94. The third-order valence-corrected chi connectivity index (χ3v) is 5.16. The lowest BCUT2D eigenvalue weighted by Gasteiger charge is -2.18. The van der Waals surface area contributed by atoms with Gasteiger partial charge < -0.3 is 24.3 Å². The highest BCUT2D eigenvalue weighted by Crippen LogP contribution is 2.42. The number of amides is 1. The van der Waals surface area contributed by atoms with E-state index in [1.807, 2.05) is 19.9 Å². The zero-order valence-electron chi connectivity index (χ0n) is 18.3. The van der Waals surface area contributed by atoms with Gasteiger partial charge in [0.2, 0.25) is 5.91 Å². The summed E-state index contributed by atoms with van der Waals surface area (Å²) < 4.78 is 20.9. The number of carbonyl (C=O) groups excluding carboxylic acids is 3. The van der Waals surface area contributed by atoms with E-state index in [1.165, 1.54) is 14.2 Å². The molecule has 1 aromatic rings. The van der Waals surface area contributed by atoms with Gasteiger partial charge in [0, 0.05) is 17.5 Å². The fraction of sp³-hybridized carbons (Fsp3) is 0.500. The lowest BCUT2D eigenvalue weighted by Crippen LogP contribution is -2.39. The number of hydrogen-bond acceptors (Lipinski definition) is 7. The Morgan fingerprint density at radius 3 is 2.43 bits per heavy atom. The van der Waals surface area contributed by atoms with Crippen molar-refractivity contribution in [2.75, 3.05) is 21.3 Å². The second-order valence-electron chi connectivity index (χ2n) is 7.17. The molecule has 0 unspecified atom stereocenters. The second kappa shape index (κ2) is 10.1. The number of benzene rings is 1. The smallest absolute Gasteiger partial charge is 0.342 e. The van der Waals surface area contributed by atoms with E-state index in [0.29, 0.717) is 29.9 Å². The van der Waals surface area contributed by atoms with Crippen LogP contribution in [-0.2, 0) is 32.1 Å². The molecule has 8 nitrogen and oxygen atoms in total. The van der Waals surface area contributed by atoms with Crippen molar-refractivity contribution < 1.29 is 33.3 Å². The summed E-state index contributed by atoms with van der Waals surface area (Å²) in [5.41, 5.74) is 3.85. The van der Waals surface area contributed by atoms with E-state index in [4.69, 9.17) is 14.2 Å². The summed E-state index contributed by atoms with van der Waals surface area (Å²) in [6.45, 7) is 5.60. The Bertz CT molecular complexity index is 873. The summed E-state index contributed by atoms with van der Waals surface area (Å²) in [6, 6.07) is -0.686. The molecule has 0 spiro atoms. The molecule has 0 aliphatic carbocycles. The van der Waals surface area contributed by atoms with Gasteiger partial charge in [0.25, 0.3) is 0 Å². The SMILES string of the molecule is COC(=O)[C@H](C)NC(=O)CC/C(C)=C/Cc1c(OC)c(C)c2c(c1OC)C(=O)OC2. The average Bonchev–Trinajstić information content (AvgIpc) is 3.12. The minimum atomic E-state index is -0.686. The van der Waals surface area contributed by atoms with Gasteiger partial charge in [-0.25, -0.2) is 9.59 Å². The van der Waals surface area contributed by atoms with Crippen LogP contribution in [0.2, 0.25) is 0 Å². The zero-order valence-corrected chi connectivity index (χ0v) is 18.3. The number of fused-ring (bicyclic) bond motifs is 1. The number of hydrogen-bond donors (Lipinski definition) is 1. The third kappa shape index (κ3) is 4.93. The zero-order chi connectivity index (χ0) is 22.4. The molecule has 30 heavy (non-hydrogen) atoms. The van der Waals surface area contributed by atoms with Crippen LogP contribution in [0.5, 0.6) is 11.5 Å². The number of cyclic esters (lactones) is 1. The number of allylic oxidation sites excluding steroid dienone is 2. The normalized spacial score (nSPS) is 13.9. The van der Waals surface area contributed by atoms with Crippen molar-refractivity contribution in [2.45, 2.75) is 52.7 Å². The molecule has 164 valence electrons. The molecular formula is C22H29NO7. The van der Waals surface area contributed by atoms with Gasteiger partial charge in [-0.05, 0) is 39.2 Å². The van der Waals surface area contributed by atoms with Gasteiger partial charge >= 0.3 is 11.9 Å². The number of methoxy groups -OCH3 is 3. The van der Waals surface area contributed by atoms with Crippen LogP contribution in [0.25, 0.3) is 0 Å². The van der Waals surface area contributed by atoms with Crippen molar-refractivity contribution in [3.8, 4) is 11.5 Å². The van der Waals surface area contributed by atoms with Crippen LogP contribution < -0.4 is 14.8 Å². The Labute approximate surface area is 176 Å². The molecule has 1 N–H and O–H groups in total. The van der Waals surface area contributed by atoms with Crippen molar-refractivity contribution in [1.82, 2.24) is 5.32 Å². The van der Waals surface area contributed by atoms with Crippen LogP contribution >= 0.6 is 0 Å². The molecule has 1 heterocycles. The first-order chi connectivity index (χ1) is 14.2. The number of esters is 2. The summed E-state index contributed by atoms with van der Waals surface area (Å²) in [6.07, 6.45) is 3.22. The van der Waals surface area contributed by atoms with Gasteiger partial charge in [0.15, 0.2) is 0 Å². The van der Waals surface area contributed by atoms with E-state index in [1.54, 1.807) is 14.0 Å². The molecule has 1 aliphatic rings. The van der Waals surface area contributed by atoms with Gasteiger partial charge in [0.05, 0.1) is 21.3 Å². The number of nitrogens with one attached hydrogen (secondary N) is 1. The largest absolute Gasteiger partial charge is 0.496 e. The van der Waals surface area contributed by atoms with E-state index in [0.717, 1.165) is 22.3 Å². The Kier molecular flexibility index (Phi) is 7.86. The number of rotatable bonds is 9. The molecule has 0 bridgehead atoms. The molecule has 1 amide bonds. The predicted molar refractivity (Wildman–Crippen MR) is 110 cm³/mol. The summed E-state index contributed by atoms with van der Waals surface area (Å²) in [5, 5.41) is 2.60. The lowest BCUT2D eigenvalue weighted by molar-refractivity contribution is -0.144. The highest BCUT2D eigenvalue weighted by atomic mass is 16.5. The Morgan fingerprint density at radius 2 is 1.83 bits per heavy atom. The highest BCUT2D eigenvalue weighted by Gasteiger charge is 2.32. The fourth-order valence-electron chi connectivity index (χ4n) is 3.47. The van der Waals surface area contributed by atoms with Gasteiger partial charge in [0.1, 0.15) is 29.7 Å². The maximum atomic E-state index is 12.2. The van der Waals surface area contributed by atoms with Crippen molar-refractivity contribution in [1.29, 1.82) is 0 Å². The van der Waals surface area contributed by atoms with E-state index in [-0.39, 0.29) is 18.9 Å². The standard InChI is InChI=1S/C22H29NO7/c1-12(8-10-17(24)23-14(3)21(25)29-6)7-9-15-19(27-4)13(2)16-11-30-22(26)18(16)20(15)28-5/h7,14H,8-11H2,1-6H3,(H,23,24)/b12-7+/t14-/m0/s1. The molecule has 0 fully saturated rings. The molecule has 1 aliphatic heterocycles. The molecule has 0 aromatic heterocycles. The highest BCUT2D eigenvalue weighted by molar-refractivity contribution is 5.98. The molecule has 2 rings (SSSR count). The summed E-state index contributed by atoms with van der Waals surface area (Å²) >= 11 is 0. The fourth-order valence-corrected chi connectivity index (χ4v) is 3.47. The summed E-state index contributed by atoms with van der Waals surface area (Å²) in [4.78, 5) is 35.6. The number of carbonyl (C=O) groups is 3. The average molecular weight is 419 g/mol. The maximum Gasteiger partial charge on any atom is 0.342 e. The van der Waals surface area contributed by atoms with E-state index in [9.17, 15) is 14.4 Å². The molecule has 0 radical (unpaired) electrons. The molecule has 1 atom stereocenters. The number of ether oxygens (including phenoxy) is 4. The van der Waals surface area contributed by atoms with Gasteiger partial charge in [-0.15, -0.1) is 0 Å². The van der Waals surface area contributed by atoms with Crippen molar-refractivity contribution in [3.63, 3.8) is 0 Å². The van der Waals surface area contributed by atoms with Crippen molar-refractivity contribution >= 4 is 17.8 Å². The first kappa shape index (κ1) is 23.3. The van der Waals surface area contributed by atoms with E-state index >= 15 is 0 Å². The topological polar surface area (TPSA) is 100 Å². The second-order valence-corrected chi connectivity index (χ2v) is 7.17. The quantitative estimate of drug-likeness (QED) is 0.485. The molecule has 0 saturated carbocycles. The van der Waals surface area contributed by atoms with Gasteiger partial charge in [-0.3, -0.25) is 4.79 Å². The molecule has 1 aromatic carbocycles. The Morgan fingerprint density at radius 1 is 1.17 bits per heavy atom. The molecular weight excluding hydrogens is 390 g/mol. The monoisotopic (exact) mass is 419 g/mol. The van der Waals surface area contributed by atoms with Crippen LogP contribution in [-0.4, -0.2) is 45.2 Å². The Balaban J connectivity index is 2.14. The minimum Gasteiger partial charge on any atom is -0.496 e. The van der Waals surface area contributed by atoms with Gasteiger partial charge in [-0.1, -0.05) is 11.6 Å². The van der Waals surface area contributed by atoms with E-state index in [2.05, 4.69) is 10.1 Å². The first-order valence-corrected chi connectivity index (χ1v) is 9.71.